The Kier molecular flexibility index (Phi) is 3.48. The number of allylic oxidation sites excluding steroid dienone is 4. The standard InChI is InChI=1S/C14H7F3N2OS/c1-4-7-10(8(5-18)19-3)12-9(11(7)20)6(2)13(21-12)14(15,16)17/h4H,1-2H3/b7-4-,10-8?. The molecule has 7 heteroatoms. The molecule has 1 heterocycles. The van der Waals surface area contributed by atoms with Crippen LogP contribution in [0, 0.1) is 24.8 Å². The highest BCUT2D eigenvalue weighted by atomic mass is 32.1. The Hall–Kier alpha value is -2.38. The van der Waals surface area contributed by atoms with Crippen molar-refractivity contribution in [1.82, 2.24) is 0 Å². The van der Waals surface area contributed by atoms with E-state index in [-0.39, 0.29) is 32.8 Å². The molecule has 0 fully saturated rings. The third-order valence-corrected chi connectivity index (χ3v) is 4.47. The summed E-state index contributed by atoms with van der Waals surface area (Å²) in [5.41, 5.74) is -0.444. The summed E-state index contributed by atoms with van der Waals surface area (Å²) < 4.78 is 38.8. The zero-order chi connectivity index (χ0) is 15.9. The molecule has 0 spiro atoms. The normalized spacial score (nSPS) is 18.4. The highest BCUT2D eigenvalue weighted by Crippen LogP contribution is 2.50. The van der Waals surface area contributed by atoms with Crippen molar-refractivity contribution in [1.29, 1.82) is 5.26 Å². The minimum atomic E-state index is -4.56. The zero-order valence-electron chi connectivity index (χ0n) is 10.9. The van der Waals surface area contributed by atoms with Gasteiger partial charge >= 0.3 is 6.18 Å². The highest BCUT2D eigenvalue weighted by molar-refractivity contribution is 7.14. The van der Waals surface area contributed by atoms with Gasteiger partial charge in [0, 0.05) is 21.6 Å². The van der Waals surface area contributed by atoms with Crippen molar-refractivity contribution >= 4 is 22.7 Å². The van der Waals surface area contributed by atoms with Gasteiger partial charge in [-0.3, -0.25) is 4.79 Å². The third kappa shape index (κ3) is 2.07. The molecule has 2 rings (SSSR count). The number of ketones is 1. The van der Waals surface area contributed by atoms with Gasteiger partial charge in [-0.15, -0.1) is 11.3 Å². The molecular formula is C14H7F3N2OS. The molecule has 0 saturated carbocycles. The van der Waals surface area contributed by atoms with Crippen molar-refractivity contribution in [3.63, 3.8) is 0 Å². The van der Waals surface area contributed by atoms with Crippen LogP contribution in [0.5, 0.6) is 0 Å². The van der Waals surface area contributed by atoms with E-state index in [1.54, 1.807) is 13.0 Å². The topological polar surface area (TPSA) is 45.2 Å². The smallest absolute Gasteiger partial charge is 0.289 e. The summed E-state index contributed by atoms with van der Waals surface area (Å²) in [5, 5.41) is 8.97. The predicted molar refractivity (Wildman–Crippen MR) is 71.3 cm³/mol. The lowest BCUT2D eigenvalue weighted by molar-refractivity contribution is -0.134. The molecule has 106 valence electrons. The number of nitrogens with zero attached hydrogens (tertiary/aromatic N) is 2. The van der Waals surface area contributed by atoms with E-state index in [1.165, 1.54) is 13.0 Å². The molecule has 0 unspecified atom stereocenters. The number of carbonyl (C=O) groups is 1. The van der Waals surface area contributed by atoms with Gasteiger partial charge in [0.1, 0.15) is 4.88 Å². The minimum absolute atomic E-state index is 0.0126. The molecule has 21 heavy (non-hydrogen) atoms. The number of rotatable bonds is 0. The number of alkyl halides is 3. The first-order valence-corrected chi connectivity index (χ1v) is 6.53. The molecule has 3 nitrogen and oxygen atoms in total. The van der Waals surface area contributed by atoms with Crippen molar-refractivity contribution in [2.24, 2.45) is 0 Å². The number of thiophene rings is 1. The fourth-order valence-electron chi connectivity index (χ4n) is 2.25. The summed E-state index contributed by atoms with van der Waals surface area (Å²) in [6.45, 7) is 9.75. The summed E-state index contributed by atoms with van der Waals surface area (Å²) in [6.07, 6.45) is -3.15. The van der Waals surface area contributed by atoms with Crippen molar-refractivity contribution in [3.8, 4) is 6.07 Å². The van der Waals surface area contributed by atoms with E-state index in [0.717, 1.165) is 0 Å². The van der Waals surface area contributed by atoms with Gasteiger partial charge in [0.25, 0.3) is 5.70 Å². The molecule has 0 amide bonds. The van der Waals surface area contributed by atoms with Crippen molar-refractivity contribution in [2.45, 2.75) is 20.0 Å². The Bertz CT molecular complexity index is 782. The Balaban J connectivity index is 2.89. The second-order valence-electron chi connectivity index (χ2n) is 4.24. The van der Waals surface area contributed by atoms with E-state index in [2.05, 4.69) is 4.85 Å². The molecule has 0 atom stereocenters. The average Bonchev–Trinajstić information content (AvgIpc) is 2.88. The SMILES string of the molecule is [C-]#[N+]C(C#N)=C1/C(=C/C)C(=O)c2c1sc(C(F)(F)F)c2C. The van der Waals surface area contributed by atoms with E-state index < -0.39 is 16.8 Å². The summed E-state index contributed by atoms with van der Waals surface area (Å²) >= 11 is 0.407. The summed E-state index contributed by atoms with van der Waals surface area (Å²) in [7, 11) is 0. The first kappa shape index (κ1) is 15.0. The Morgan fingerprint density at radius 2 is 2.10 bits per heavy atom. The minimum Gasteiger partial charge on any atom is -0.289 e. The molecule has 1 aromatic heterocycles. The molecule has 1 aliphatic rings. The fourth-order valence-corrected chi connectivity index (χ4v) is 3.48. The first-order chi connectivity index (χ1) is 9.77. The van der Waals surface area contributed by atoms with Crippen molar-refractivity contribution in [3.05, 3.63) is 49.6 Å². The van der Waals surface area contributed by atoms with E-state index in [9.17, 15) is 18.0 Å². The Morgan fingerprint density at radius 3 is 2.52 bits per heavy atom. The fraction of sp³-hybridized carbons (Fsp3) is 0.214. The first-order valence-electron chi connectivity index (χ1n) is 5.72. The third-order valence-electron chi connectivity index (χ3n) is 3.12. The van der Waals surface area contributed by atoms with Gasteiger partial charge in [-0.05, 0) is 19.4 Å². The van der Waals surface area contributed by atoms with Crippen LogP contribution in [-0.2, 0) is 6.18 Å². The largest absolute Gasteiger partial charge is 0.425 e. The van der Waals surface area contributed by atoms with E-state index in [4.69, 9.17) is 11.8 Å². The summed E-state index contributed by atoms with van der Waals surface area (Å²) in [6, 6.07) is 1.64. The van der Waals surface area contributed by atoms with Crippen LogP contribution < -0.4 is 0 Å². The molecule has 0 aliphatic heterocycles. The predicted octanol–water partition coefficient (Wildman–Crippen LogP) is 4.37. The zero-order valence-corrected chi connectivity index (χ0v) is 11.7. The van der Waals surface area contributed by atoms with Gasteiger partial charge in [0.15, 0.2) is 5.78 Å². The monoisotopic (exact) mass is 308 g/mol. The number of nitriles is 1. The molecule has 1 aliphatic carbocycles. The second-order valence-corrected chi connectivity index (χ2v) is 5.26. The number of Topliss-reactive ketones (excluding diaryl/α,β-unsaturated/α-hetero) is 1. The lowest BCUT2D eigenvalue weighted by atomic mass is 10.1. The van der Waals surface area contributed by atoms with Gasteiger partial charge in [-0.2, -0.15) is 13.2 Å². The molecule has 1 aromatic rings. The lowest BCUT2D eigenvalue weighted by Crippen LogP contribution is -2.06. The number of hydrogen-bond acceptors (Lipinski definition) is 3. The van der Waals surface area contributed by atoms with Crippen LogP contribution in [0.2, 0.25) is 0 Å². The maximum absolute atomic E-state index is 12.9. The second kappa shape index (κ2) is 4.87. The van der Waals surface area contributed by atoms with Crippen molar-refractivity contribution < 1.29 is 18.0 Å². The number of hydrogen-bond donors (Lipinski definition) is 0. The molecule has 0 N–H and O–H groups in total. The number of carbonyl (C=O) groups excluding carboxylic acids is 1. The maximum Gasteiger partial charge on any atom is 0.425 e. The summed E-state index contributed by atoms with van der Waals surface area (Å²) in [4.78, 5) is 14.5. The van der Waals surface area contributed by atoms with Gasteiger partial charge in [0.05, 0.1) is 12.6 Å². The maximum atomic E-state index is 12.9. The highest BCUT2D eigenvalue weighted by Gasteiger charge is 2.43. The van der Waals surface area contributed by atoms with Crippen LogP contribution >= 0.6 is 11.3 Å². The van der Waals surface area contributed by atoms with E-state index >= 15 is 0 Å². The lowest BCUT2D eigenvalue weighted by Gasteiger charge is -2.06. The average molecular weight is 308 g/mol. The molecular weight excluding hydrogens is 301 g/mol. The van der Waals surface area contributed by atoms with Crippen LogP contribution in [0.15, 0.2) is 17.3 Å². The van der Waals surface area contributed by atoms with Gasteiger partial charge in [-0.1, -0.05) is 6.08 Å². The van der Waals surface area contributed by atoms with Crippen LogP contribution in [-0.4, -0.2) is 5.78 Å². The van der Waals surface area contributed by atoms with Gasteiger partial charge in [-0.25, -0.2) is 10.1 Å². The van der Waals surface area contributed by atoms with Gasteiger partial charge < -0.3 is 0 Å². The number of halogens is 3. The van der Waals surface area contributed by atoms with Crippen LogP contribution in [0.4, 0.5) is 13.2 Å². The van der Waals surface area contributed by atoms with Crippen molar-refractivity contribution in [2.75, 3.05) is 0 Å². The molecule has 0 saturated heterocycles. The van der Waals surface area contributed by atoms with E-state index in [1.807, 2.05) is 0 Å². The number of fused-ring (bicyclic) bond motifs is 1. The molecule has 0 aromatic carbocycles. The quantitative estimate of drug-likeness (QED) is 0.406. The van der Waals surface area contributed by atoms with Crippen LogP contribution in [0.1, 0.15) is 32.6 Å². The Morgan fingerprint density at radius 1 is 1.48 bits per heavy atom. The molecule has 0 bridgehead atoms. The van der Waals surface area contributed by atoms with Crippen LogP contribution in [0.3, 0.4) is 0 Å². The van der Waals surface area contributed by atoms with E-state index in [0.29, 0.717) is 11.3 Å². The van der Waals surface area contributed by atoms with Crippen LogP contribution in [0.25, 0.3) is 10.4 Å². The molecule has 0 radical (unpaired) electrons. The Labute approximate surface area is 122 Å². The van der Waals surface area contributed by atoms with Gasteiger partial charge in [0.2, 0.25) is 0 Å². The summed E-state index contributed by atoms with van der Waals surface area (Å²) in [5.74, 6) is -0.567.